The van der Waals surface area contributed by atoms with E-state index in [4.69, 9.17) is 5.73 Å². The maximum absolute atomic E-state index is 12.2. The highest BCUT2D eigenvalue weighted by molar-refractivity contribution is 7.89. The maximum atomic E-state index is 12.2. The van der Waals surface area contributed by atoms with Crippen molar-refractivity contribution < 1.29 is 13.2 Å². The monoisotopic (exact) mass is 283 g/mol. The van der Waals surface area contributed by atoms with Gasteiger partial charge in [0.25, 0.3) is 0 Å². The van der Waals surface area contributed by atoms with E-state index < -0.39 is 16.1 Å². The van der Waals surface area contributed by atoms with Gasteiger partial charge in [0, 0.05) is 20.1 Å². The number of carbonyl (C=O) groups excluding carboxylic acids is 1. The lowest BCUT2D eigenvalue weighted by Crippen LogP contribution is -2.40. The Balaban J connectivity index is 2.20. The van der Waals surface area contributed by atoms with Gasteiger partial charge in [0.2, 0.25) is 15.9 Å². The Hall–Kier alpha value is -1.44. The van der Waals surface area contributed by atoms with Gasteiger partial charge in [-0.3, -0.25) is 4.79 Å². The minimum absolute atomic E-state index is 0.137. The Morgan fingerprint density at radius 3 is 2.79 bits per heavy atom. The van der Waals surface area contributed by atoms with Gasteiger partial charge in [0.1, 0.15) is 6.04 Å². The topological polar surface area (TPSA) is 92.5 Å². The van der Waals surface area contributed by atoms with Crippen LogP contribution in [0.15, 0.2) is 29.2 Å². The third-order valence-corrected chi connectivity index (χ3v) is 4.64. The smallest absolute Gasteiger partial charge is 0.241 e. The molecule has 1 unspecified atom stereocenters. The van der Waals surface area contributed by atoms with Crippen LogP contribution >= 0.6 is 0 Å². The van der Waals surface area contributed by atoms with Gasteiger partial charge in [-0.25, -0.2) is 8.42 Å². The van der Waals surface area contributed by atoms with E-state index >= 15 is 0 Å². The van der Waals surface area contributed by atoms with Crippen LogP contribution in [0.4, 0.5) is 0 Å². The fourth-order valence-electron chi connectivity index (χ4n) is 2.03. The van der Waals surface area contributed by atoms with Crippen molar-refractivity contribution in [1.29, 1.82) is 0 Å². The molecule has 7 heteroatoms. The second-order valence-corrected chi connectivity index (χ2v) is 6.29. The predicted molar refractivity (Wildman–Crippen MR) is 70.7 cm³/mol. The molecule has 0 bridgehead atoms. The summed E-state index contributed by atoms with van der Waals surface area (Å²) >= 11 is 0. The molecular weight excluding hydrogens is 266 g/mol. The van der Waals surface area contributed by atoms with Crippen LogP contribution in [0.2, 0.25) is 0 Å². The minimum atomic E-state index is -3.69. The lowest BCUT2D eigenvalue weighted by Gasteiger charge is -2.13. The quantitative estimate of drug-likeness (QED) is 0.790. The standard InChI is InChI=1S/C12H17N3O3S/c1-15-6-5-11(12(15)16)14-19(17,18)10-4-2-3-9(7-10)8-13/h2-4,7,11,14H,5-6,8,13H2,1H3. The third kappa shape index (κ3) is 2.94. The summed E-state index contributed by atoms with van der Waals surface area (Å²) in [4.78, 5) is 13.4. The third-order valence-electron chi connectivity index (χ3n) is 3.17. The summed E-state index contributed by atoms with van der Waals surface area (Å²) in [5.41, 5.74) is 6.22. The van der Waals surface area contributed by atoms with E-state index in [1.807, 2.05) is 0 Å². The second-order valence-electron chi connectivity index (χ2n) is 4.57. The molecule has 1 aliphatic rings. The summed E-state index contributed by atoms with van der Waals surface area (Å²) in [7, 11) is -2.03. The molecule has 1 fully saturated rings. The highest BCUT2D eigenvalue weighted by atomic mass is 32.2. The first-order chi connectivity index (χ1) is 8.94. The van der Waals surface area contributed by atoms with Gasteiger partial charge in [0.05, 0.1) is 4.90 Å². The molecule has 1 aromatic carbocycles. The maximum Gasteiger partial charge on any atom is 0.241 e. The van der Waals surface area contributed by atoms with E-state index in [9.17, 15) is 13.2 Å². The Kier molecular flexibility index (Phi) is 3.88. The van der Waals surface area contributed by atoms with Crippen LogP contribution in [0.3, 0.4) is 0 Å². The molecule has 0 aliphatic carbocycles. The first-order valence-corrected chi connectivity index (χ1v) is 7.48. The molecule has 6 nitrogen and oxygen atoms in total. The van der Waals surface area contributed by atoms with Crippen molar-refractivity contribution in [2.75, 3.05) is 13.6 Å². The van der Waals surface area contributed by atoms with Gasteiger partial charge in [-0.05, 0) is 24.1 Å². The number of nitrogens with zero attached hydrogens (tertiary/aromatic N) is 1. The van der Waals surface area contributed by atoms with Gasteiger partial charge in [-0.15, -0.1) is 0 Å². The zero-order valence-electron chi connectivity index (χ0n) is 10.7. The fraction of sp³-hybridized carbons (Fsp3) is 0.417. The molecule has 1 amide bonds. The number of carbonyl (C=O) groups is 1. The van der Waals surface area contributed by atoms with E-state index in [2.05, 4.69) is 4.72 Å². The summed E-state index contributed by atoms with van der Waals surface area (Å²) in [6.07, 6.45) is 0.491. The lowest BCUT2D eigenvalue weighted by molar-refractivity contribution is -0.127. The van der Waals surface area contributed by atoms with Gasteiger partial charge >= 0.3 is 0 Å². The molecule has 0 saturated carbocycles. The molecular formula is C12H17N3O3S. The van der Waals surface area contributed by atoms with Crippen molar-refractivity contribution in [2.45, 2.75) is 23.9 Å². The normalized spacial score (nSPS) is 20.0. The van der Waals surface area contributed by atoms with E-state index in [0.717, 1.165) is 5.56 Å². The first kappa shape index (κ1) is 14.0. The number of hydrogen-bond donors (Lipinski definition) is 2. The zero-order valence-corrected chi connectivity index (χ0v) is 11.5. The predicted octanol–water partition coefficient (Wildman–Crippen LogP) is -0.346. The van der Waals surface area contributed by atoms with Crippen LogP contribution in [0.25, 0.3) is 0 Å². The Bertz CT molecular complexity index is 586. The Labute approximate surface area is 112 Å². The van der Waals surface area contributed by atoms with Crippen LogP contribution in [0, 0.1) is 0 Å². The van der Waals surface area contributed by atoms with Crippen LogP contribution in [-0.4, -0.2) is 38.9 Å². The van der Waals surface area contributed by atoms with Crippen LogP contribution in [-0.2, 0) is 21.4 Å². The van der Waals surface area contributed by atoms with Crippen molar-refractivity contribution in [3.05, 3.63) is 29.8 Å². The summed E-state index contributed by atoms with van der Waals surface area (Å²) < 4.78 is 26.8. The summed E-state index contributed by atoms with van der Waals surface area (Å²) in [5, 5.41) is 0. The molecule has 2 rings (SSSR count). The number of sulfonamides is 1. The number of hydrogen-bond acceptors (Lipinski definition) is 4. The van der Waals surface area contributed by atoms with Gasteiger partial charge in [0.15, 0.2) is 0 Å². The van der Waals surface area contributed by atoms with Crippen molar-refractivity contribution in [2.24, 2.45) is 5.73 Å². The van der Waals surface area contributed by atoms with E-state index in [1.165, 1.54) is 17.0 Å². The number of amides is 1. The van der Waals surface area contributed by atoms with Crippen LogP contribution < -0.4 is 10.5 Å². The van der Waals surface area contributed by atoms with Crippen molar-refractivity contribution in [3.63, 3.8) is 0 Å². The summed E-state index contributed by atoms with van der Waals surface area (Å²) in [5.74, 6) is -0.196. The molecule has 3 N–H and O–H groups in total. The number of benzene rings is 1. The van der Waals surface area contributed by atoms with E-state index in [0.29, 0.717) is 13.0 Å². The molecule has 1 aromatic rings. The zero-order chi connectivity index (χ0) is 14.0. The van der Waals surface area contributed by atoms with Crippen LogP contribution in [0.5, 0.6) is 0 Å². The van der Waals surface area contributed by atoms with Crippen molar-refractivity contribution in [1.82, 2.24) is 9.62 Å². The molecule has 1 aliphatic heterocycles. The number of likely N-dealkylation sites (tertiary alicyclic amines) is 1. The van der Waals surface area contributed by atoms with E-state index in [-0.39, 0.29) is 17.3 Å². The SMILES string of the molecule is CN1CCC(NS(=O)(=O)c2cccc(CN)c2)C1=O. The molecule has 19 heavy (non-hydrogen) atoms. The number of likely N-dealkylation sites (N-methyl/N-ethyl adjacent to an activating group) is 1. The largest absolute Gasteiger partial charge is 0.344 e. The molecule has 104 valence electrons. The molecule has 0 radical (unpaired) electrons. The van der Waals surface area contributed by atoms with Gasteiger partial charge in [-0.1, -0.05) is 12.1 Å². The average molecular weight is 283 g/mol. The Morgan fingerprint density at radius 1 is 1.47 bits per heavy atom. The molecule has 0 aromatic heterocycles. The van der Waals surface area contributed by atoms with Crippen molar-refractivity contribution >= 4 is 15.9 Å². The summed E-state index contributed by atoms with van der Waals surface area (Å²) in [6, 6.07) is 5.74. The summed E-state index contributed by atoms with van der Waals surface area (Å²) in [6.45, 7) is 0.837. The number of rotatable bonds is 4. The van der Waals surface area contributed by atoms with E-state index in [1.54, 1.807) is 19.2 Å². The minimum Gasteiger partial charge on any atom is -0.344 e. The lowest BCUT2D eigenvalue weighted by atomic mass is 10.2. The number of nitrogens with two attached hydrogens (primary N) is 1. The molecule has 1 saturated heterocycles. The van der Waals surface area contributed by atoms with Gasteiger partial charge in [-0.2, -0.15) is 4.72 Å². The second kappa shape index (κ2) is 5.28. The highest BCUT2D eigenvalue weighted by Crippen LogP contribution is 2.15. The van der Waals surface area contributed by atoms with Crippen LogP contribution in [0.1, 0.15) is 12.0 Å². The van der Waals surface area contributed by atoms with Gasteiger partial charge < -0.3 is 10.6 Å². The molecule has 1 atom stereocenters. The fourth-order valence-corrected chi connectivity index (χ4v) is 3.32. The molecule has 0 spiro atoms. The molecule has 1 heterocycles. The van der Waals surface area contributed by atoms with Crippen molar-refractivity contribution in [3.8, 4) is 0 Å². The first-order valence-electron chi connectivity index (χ1n) is 6.00. The highest BCUT2D eigenvalue weighted by Gasteiger charge is 2.32. The average Bonchev–Trinajstić information content (AvgIpc) is 2.70. The number of nitrogens with one attached hydrogen (secondary N) is 1. The Morgan fingerprint density at radius 2 is 2.21 bits per heavy atom.